The number of hydrogen-bond acceptors (Lipinski definition) is 7. The number of halogens is 3. The highest BCUT2D eigenvalue weighted by Gasteiger charge is 2.52. The Bertz CT molecular complexity index is 1030. The van der Waals surface area contributed by atoms with Crippen LogP contribution in [0.15, 0.2) is 35.6 Å². The Morgan fingerprint density at radius 2 is 2.12 bits per heavy atom. The number of nitrogens with one attached hydrogen (secondary N) is 1. The molecule has 9 nitrogen and oxygen atoms in total. The van der Waals surface area contributed by atoms with E-state index < -0.39 is 37.4 Å². The highest BCUT2D eigenvalue weighted by atomic mass is 19.1. The van der Waals surface area contributed by atoms with E-state index in [-0.39, 0.29) is 35.4 Å². The summed E-state index contributed by atoms with van der Waals surface area (Å²) in [7, 11) is 0. The standard InChI is InChI=1S/C21H22F3N5O4/c22-10-28-20(25)33-17-6-21(3-4-21)32-9-14(17)13-5-12(1-2-15(13)24)29-19(30)16-7-27-18(8-26-16)31-11-23/h1-2,5,7-8,14,17H,3-4,6,9-11H2,(H2,25,28)(H,29,30)/t14-,17-/m1/s1. The predicted molar refractivity (Wildman–Crippen MR) is 111 cm³/mol. The number of nitrogens with zero attached hydrogens (tertiary/aromatic N) is 3. The van der Waals surface area contributed by atoms with Crippen LogP contribution in [0.2, 0.25) is 0 Å². The van der Waals surface area contributed by atoms with E-state index in [4.69, 9.17) is 15.2 Å². The number of rotatable bonds is 7. The molecule has 2 fully saturated rings. The fraction of sp³-hybridized carbons (Fsp3) is 0.429. The van der Waals surface area contributed by atoms with Crippen LogP contribution in [0.25, 0.3) is 0 Å². The minimum atomic E-state index is -1.07. The van der Waals surface area contributed by atoms with Crippen molar-refractivity contribution in [2.75, 3.05) is 25.6 Å². The van der Waals surface area contributed by atoms with Crippen molar-refractivity contribution in [1.82, 2.24) is 9.97 Å². The van der Waals surface area contributed by atoms with Gasteiger partial charge < -0.3 is 25.3 Å². The highest BCUT2D eigenvalue weighted by Crippen LogP contribution is 2.50. The van der Waals surface area contributed by atoms with Gasteiger partial charge in [0.05, 0.1) is 24.6 Å². The molecule has 2 aliphatic rings. The number of amides is 1. The molecule has 176 valence electrons. The topological polar surface area (TPSA) is 121 Å². The molecular weight excluding hydrogens is 443 g/mol. The van der Waals surface area contributed by atoms with E-state index in [9.17, 15) is 18.0 Å². The third-order valence-electron chi connectivity index (χ3n) is 5.60. The lowest BCUT2D eigenvalue weighted by Gasteiger charge is -2.36. The van der Waals surface area contributed by atoms with Crippen molar-refractivity contribution in [3.63, 3.8) is 0 Å². The van der Waals surface area contributed by atoms with E-state index >= 15 is 0 Å². The average Bonchev–Trinajstić information content (AvgIpc) is 3.55. The Morgan fingerprint density at radius 1 is 1.30 bits per heavy atom. The maximum absolute atomic E-state index is 14.8. The molecule has 1 amide bonds. The van der Waals surface area contributed by atoms with Gasteiger partial charge in [-0.1, -0.05) is 0 Å². The number of hydrogen-bond donors (Lipinski definition) is 2. The molecule has 0 bridgehead atoms. The first-order chi connectivity index (χ1) is 15.9. The molecule has 0 radical (unpaired) electrons. The highest BCUT2D eigenvalue weighted by molar-refractivity contribution is 6.02. The quantitative estimate of drug-likeness (QED) is 0.366. The van der Waals surface area contributed by atoms with Crippen molar-refractivity contribution < 1.29 is 32.2 Å². The molecule has 4 rings (SSSR count). The van der Waals surface area contributed by atoms with Gasteiger partial charge in [0, 0.05) is 18.0 Å². The van der Waals surface area contributed by atoms with Crippen molar-refractivity contribution in [1.29, 1.82) is 0 Å². The summed E-state index contributed by atoms with van der Waals surface area (Å²) in [5, 5.41) is 2.62. The van der Waals surface area contributed by atoms with Crippen LogP contribution in [0.3, 0.4) is 0 Å². The van der Waals surface area contributed by atoms with Crippen LogP contribution in [-0.2, 0) is 9.47 Å². The first kappa shape index (κ1) is 22.8. The number of ether oxygens (including phenoxy) is 3. The molecule has 12 heteroatoms. The van der Waals surface area contributed by atoms with Gasteiger partial charge in [0.1, 0.15) is 17.6 Å². The summed E-state index contributed by atoms with van der Waals surface area (Å²) in [6.07, 6.45) is 3.84. The molecule has 1 aromatic heterocycles. The van der Waals surface area contributed by atoms with Crippen molar-refractivity contribution in [3.05, 3.63) is 47.7 Å². The maximum Gasteiger partial charge on any atom is 0.284 e. The molecule has 1 saturated carbocycles. The summed E-state index contributed by atoms with van der Waals surface area (Å²) in [6.45, 7) is -1.92. The van der Waals surface area contributed by atoms with E-state index in [1.807, 2.05) is 0 Å². The minimum Gasteiger partial charge on any atom is -0.461 e. The second kappa shape index (κ2) is 9.61. The van der Waals surface area contributed by atoms with Crippen LogP contribution in [-0.4, -0.2) is 53.9 Å². The lowest BCUT2D eigenvalue weighted by Crippen LogP contribution is -2.41. The zero-order chi connectivity index (χ0) is 23.4. The van der Waals surface area contributed by atoms with E-state index in [1.165, 1.54) is 18.2 Å². The van der Waals surface area contributed by atoms with Crippen molar-refractivity contribution >= 4 is 17.6 Å². The normalized spacial score (nSPS) is 21.5. The molecule has 2 heterocycles. The zero-order valence-corrected chi connectivity index (χ0v) is 17.5. The van der Waals surface area contributed by atoms with Crippen LogP contribution in [0.1, 0.15) is 41.2 Å². The van der Waals surface area contributed by atoms with Gasteiger partial charge in [0.15, 0.2) is 6.80 Å². The Labute approximate surface area is 187 Å². The molecule has 1 spiro atoms. The molecule has 1 aliphatic carbocycles. The maximum atomic E-state index is 14.8. The van der Waals surface area contributed by atoms with Crippen molar-refractivity contribution in [2.45, 2.75) is 36.9 Å². The molecule has 33 heavy (non-hydrogen) atoms. The molecule has 1 saturated heterocycles. The van der Waals surface area contributed by atoms with Crippen LogP contribution in [0.5, 0.6) is 5.88 Å². The van der Waals surface area contributed by atoms with Gasteiger partial charge >= 0.3 is 0 Å². The van der Waals surface area contributed by atoms with Crippen LogP contribution < -0.4 is 15.8 Å². The summed E-state index contributed by atoms with van der Waals surface area (Å²) in [4.78, 5) is 23.6. The fourth-order valence-corrected chi connectivity index (χ4v) is 3.76. The summed E-state index contributed by atoms with van der Waals surface area (Å²) in [5.41, 5.74) is 5.83. The fourth-order valence-electron chi connectivity index (χ4n) is 3.76. The number of benzene rings is 1. The Balaban J connectivity index is 1.52. The van der Waals surface area contributed by atoms with E-state index in [0.717, 1.165) is 25.2 Å². The smallest absolute Gasteiger partial charge is 0.284 e. The van der Waals surface area contributed by atoms with Gasteiger partial charge in [-0.15, -0.1) is 0 Å². The van der Waals surface area contributed by atoms with Gasteiger partial charge in [-0.2, -0.15) is 0 Å². The largest absolute Gasteiger partial charge is 0.461 e. The average molecular weight is 465 g/mol. The van der Waals surface area contributed by atoms with E-state index in [1.54, 1.807) is 0 Å². The lowest BCUT2D eigenvalue weighted by atomic mass is 9.87. The molecule has 1 aromatic carbocycles. The molecule has 0 unspecified atom stereocenters. The number of alkyl halides is 2. The van der Waals surface area contributed by atoms with Crippen LogP contribution in [0, 0.1) is 5.82 Å². The second-order valence-electron chi connectivity index (χ2n) is 7.76. The summed E-state index contributed by atoms with van der Waals surface area (Å²) >= 11 is 0. The van der Waals surface area contributed by atoms with Crippen molar-refractivity contribution in [2.24, 2.45) is 10.7 Å². The van der Waals surface area contributed by atoms with Gasteiger partial charge in [-0.05, 0) is 36.6 Å². The number of anilines is 1. The molecule has 1 aliphatic heterocycles. The number of nitrogens with two attached hydrogens (primary N) is 1. The Hall–Kier alpha value is -3.41. The first-order valence-corrected chi connectivity index (χ1v) is 10.2. The second-order valence-corrected chi connectivity index (χ2v) is 7.76. The third-order valence-corrected chi connectivity index (χ3v) is 5.60. The monoisotopic (exact) mass is 465 g/mol. The number of amidine groups is 1. The summed E-state index contributed by atoms with van der Waals surface area (Å²) in [5.74, 6) is -1.74. The number of carbonyl (C=O) groups excluding carboxylic acids is 1. The zero-order valence-electron chi connectivity index (χ0n) is 17.5. The minimum absolute atomic E-state index is 0.0415. The summed E-state index contributed by atoms with van der Waals surface area (Å²) < 4.78 is 55.6. The van der Waals surface area contributed by atoms with E-state index in [0.29, 0.717) is 12.1 Å². The number of carbonyl (C=O) groups is 1. The van der Waals surface area contributed by atoms with Gasteiger partial charge in [0.2, 0.25) is 12.7 Å². The van der Waals surface area contributed by atoms with Gasteiger partial charge in [0.25, 0.3) is 11.9 Å². The number of aliphatic imine (C=N–C) groups is 1. The number of aromatic nitrogens is 2. The molecular formula is C21H22F3N5O4. The Morgan fingerprint density at radius 3 is 2.79 bits per heavy atom. The van der Waals surface area contributed by atoms with Crippen LogP contribution in [0.4, 0.5) is 18.9 Å². The van der Waals surface area contributed by atoms with Gasteiger partial charge in [-0.3, -0.25) is 4.79 Å². The lowest BCUT2D eigenvalue weighted by molar-refractivity contribution is -0.0707. The first-order valence-electron chi connectivity index (χ1n) is 10.2. The third kappa shape index (κ3) is 5.33. The molecule has 2 aromatic rings. The van der Waals surface area contributed by atoms with Gasteiger partial charge in [-0.25, -0.2) is 28.1 Å². The van der Waals surface area contributed by atoms with Crippen molar-refractivity contribution in [3.8, 4) is 5.88 Å². The van der Waals surface area contributed by atoms with Crippen LogP contribution >= 0.6 is 0 Å². The Kier molecular flexibility index (Phi) is 6.63. The summed E-state index contributed by atoms with van der Waals surface area (Å²) in [6, 6.07) is 3.77. The molecule has 3 N–H and O–H groups in total. The SMILES string of the molecule is N/C(=N/CF)O[C@@H]1CC2(CC2)OC[C@@H]1c1cc(NC(=O)c2cnc(OCF)cn2)ccc1F. The predicted octanol–water partition coefficient (Wildman–Crippen LogP) is 2.84. The molecule has 2 atom stereocenters. The van der Waals surface area contributed by atoms with E-state index in [2.05, 4.69) is 25.0 Å².